The summed E-state index contributed by atoms with van der Waals surface area (Å²) in [5, 5.41) is 13.6. The molecular formula is C11H16N2O2S. The van der Waals surface area contributed by atoms with Gasteiger partial charge in [-0.25, -0.2) is 0 Å². The minimum absolute atomic E-state index is 0.0714. The summed E-state index contributed by atoms with van der Waals surface area (Å²) in [6.07, 6.45) is 0.971. The van der Waals surface area contributed by atoms with Gasteiger partial charge in [0.25, 0.3) is 0 Å². The Hall–Kier alpha value is -0.910. The van der Waals surface area contributed by atoms with Crippen molar-refractivity contribution in [3.63, 3.8) is 0 Å². The van der Waals surface area contributed by atoms with Crippen molar-refractivity contribution >= 4 is 17.2 Å². The van der Waals surface area contributed by atoms with E-state index in [1.54, 1.807) is 11.3 Å². The van der Waals surface area contributed by atoms with Gasteiger partial charge in [-0.2, -0.15) is 0 Å². The number of carbonyl (C=O) groups is 1. The first-order valence-electron chi connectivity index (χ1n) is 5.46. The summed E-state index contributed by atoms with van der Waals surface area (Å²) in [7, 11) is 0. The Morgan fingerprint density at radius 3 is 3.31 bits per heavy atom. The fourth-order valence-corrected chi connectivity index (χ4v) is 2.74. The van der Waals surface area contributed by atoms with Crippen LogP contribution < -0.4 is 5.32 Å². The van der Waals surface area contributed by atoms with E-state index in [1.807, 2.05) is 4.90 Å². The average Bonchev–Trinajstić information content (AvgIpc) is 2.76. The van der Waals surface area contributed by atoms with Gasteiger partial charge in [0, 0.05) is 24.5 Å². The maximum absolute atomic E-state index is 11.8. The van der Waals surface area contributed by atoms with E-state index in [1.165, 1.54) is 10.4 Å². The van der Waals surface area contributed by atoms with Crippen molar-refractivity contribution in [1.82, 2.24) is 10.2 Å². The van der Waals surface area contributed by atoms with Gasteiger partial charge in [0.05, 0.1) is 13.2 Å². The monoisotopic (exact) mass is 240 g/mol. The maximum atomic E-state index is 11.8. The lowest BCUT2D eigenvalue weighted by Crippen LogP contribution is -2.41. The predicted octanol–water partition coefficient (Wildman–Crippen LogP) is 0.215. The SMILES string of the molecule is O=C(CNCCO)N1CCc2sccc2C1. The quantitative estimate of drug-likeness (QED) is 0.740. The van der Waals surface area contributed by atoms with Crippen LogP contribution in [0, 0.1) is 0 Å². The van der Waals surface area contributed by atoms with Crippen molar-refractivity contribution in [2.24, 2.45) is 0 Å². The number of carbonyl (C=O) groups excluding carboxylic acids is 1. The summed E-state index contributed by atoms with van der Waals surface area (Å²) in [5.74, 6) is 0.116. The van der Waals surface area contributed by atoms with Crippen LogP contribution in [0.4, 0.5) is 0 Å². The molecule has 0 aliphatic carbocycles. The molecule has 0 saturated carbocycles. The molecule has 1 amide bonds. The molecule has 16 heavy (non-hydrogen) atoms. The molecule has 0 atom stereocenters. The van der Waals surface area contributed by atoms with Gasteiger partial charge in [-0.1, -0.05) is 0 Å². The lowest BCUT2D eigenvalue weighted by Gasteiger charge is -2.27. The molecule has 0 unspecified atom stereocenters. The highest BCUT2D eigenvalue weighted by molar-refractivity contribution is 7.10. The topological polar surface area (TPSA) is 52.6 Å². The molecule has 0 fully saturated rings. The minimum Gasteiger partial charge on any atom is -0.395 e. The average molecular weight is 240 g/mol. The van der Waals surface area contributed by atoms with Crippen molar-refractivity contribution in [2.45, 2.75) is 13.0 Å². The van der Waals surface area contributed by atoms with Crippen molar-refractivity contribution < 1.29 is 9.90 Å². The van der Waals surface area contributed by atoms with Crippen molar-refractivity contribution in [2.75, 3.05) is 26.2 Å². The van der Waals surface area contributed by atoms with Crippen LogP contribution in [0.1, 0.15) is 10.4 Å². The first kappa shape index (κ1) is 11.6. The maximum Gasteiger partial charge on any atom is 0.236 e. The number of hydrogen-bond acceptors (Lipinski definition) is 4. The third-order valence-electron chi connectivity index (χ3n) is 2.73. The van der Waals surface area contributed by atoms with Gasteiger partial charge in [-0.05, 0) is 23.4 Å². The number of hydrogen-bond donors (Lipinski definition) is 2. The lowest BCUT2D eigenvalue weighted by atomic mass is 10.1. The molecule has 88 valence electrons. The lowest BCUT2D eigenvalue weighted by molar-refractivity contribution is -0.131. The van der Waals surface area contributed by atoms with E-state index < -0.39 is 0 Å². The van der Waals surface area contributed by atoms with Crippen LogP contribution in [0.3, 0.4) is 0 Å². The number of nitrogens with one attached hydrogen (secondary N) is 1. The number of rotatable bonds is 4. The molecule has 1 aliphatic rings. The zero-order valence-corrected chi connectivity index (χ0v) is 9.92. The van der Waals surface area contributed by atoms with Gasteiger partial charge in [0.15, 0.2) is 0 Å². The largest absolute Gasteiger partial charge is 0.395 e. The molecule has 0 bridgehead atoms. The molecule has 0 spiro atoms. The van der Waals surface area contributed by atoms with Crippen LogP contribution in [-0.2, 0) is 17.8 Å². The van der Waals surface area contributed by atoms with E-state index in [-0.39, 0.29) is 12.5 Å². The van der Waals surface area contributed by atoms with Crippen LogP contribution in [-0.4, -0.2) is 42.2 Å². The van der Waals surface area contributed by atoms with E-state index in [4.69, 9.17) is 5.11 Å². The molecule has 0 saturated heterocycles. The van der Waals surface area contributed by atoms with Crippen molar-refractivity contribution in [1.29, 1.82) is 0 Å². The first-order chi connectivity index (χ1) is 7.81. The number of nitrogens with zero attached hydrogens (tertiary/aromatic N) is 1. The third kappa shape index (κ3) is 2.61. The van der Waals surface area contributed by atoms with E-state index >= 15 is 0 Å². The number of aliphatic hydroxyl groups excluding tert-OH is 1. The summed E-state index contributed by atoms with van der Waals surface area (Å²) < 4.78 is 0. The Labute approximate surface area is 98.9 Å². The zero-order chi connectivity index (χ0) is 11.4. The summed E-state index contributed by atoms with van der Waals surface area (Å²) in [5.41, 5.74) is 1.28. The normalized spacial score (nSPS) is 14.9. The van der Waals surface area contributed by atoms with Gasteiger partial charge in [0.1, 0.15) is 0 Å². The molecular weight excluding hydrogens is 224 g/mol. The molecule has 2 heterocycles. The first-order valence-corrected chi connectivity index (χ1v) is 6.34. The van der Waals surface area contributed by atoms with E-state index in [0.29, 0.717) is 13.1 Å². The van der Waals surface area contributed by atoms with Gasteiger partial charge >= 0.3 is 0 Å². The second kappa shape index (κ2) is 5.43. The molecule has 1 aromatic rings. The van der Waals surface area contributed by atoms with Gasteiger partial charge < -0.3 is 15.3 Å². The van der Waals surface area contributed by atoms with Crippen LogP contribution >= 0.6 is 11.3 Å². The van der Waals surface area contributed by atoms with E-state index in [9.17, 15) is 4.79 Å². The van der Waals surface area contributed by atoms with Crippen LogP contribution in [0.25, 0.3) is 0 Å². The molecule has 4 nitrogen and oxygen atoms in total. The molecule has 1 aliphatic heterocycles. The summed E-state index contributed by atoms with van der Waals surface area (Å²) >= 11 is 1.77. The molecule has 2 N–H and O–H groups in total. The third-order valence-corrected chi connectivity index (χ3v) is 3.75. The van der Waals surface area contributed by atoms with Gasteiger partial charge in [-0.3, -0.25) is 4.79 Å². The van der Waals surface area contributed by atoms with Crippen LogP contribution in [0.15, 0.2) is 11.4 Å². The smallest absolute Gasteiger partial charge is 0.236 e. The fraction of sp³-hybridized carbons (Fsp3) is 0.545. The molecule has 5 heteroatoms. The summed E-state index contributed by atoms with van der Waals surface area (Å²) in [6.45, 7) is 2.41. The predicted molar refractivity (Wildman–Crippen MR) is 63.4 cm³/mol. The minimum atomic E-state index is 0.0714. The van der Waals surface area contributed by atoms with Crippen molar-refractivity contribution in [3.8, 4) is 0 Å². The number of aliphatic hydroxyl groups is 1. The Balaban J connectivity index is 1.86. The van der Waals surface area contributed by atoms with Crippen molar-refractivity contribution in [3.05, 3.63) is 21.9 Å². The standard InChI is InChI=1S/C11H16N2O2S/c14-5-3-12-7-11(15)13-4-1-10-9(8-13)2-6-16-10/h2,6,12,14H,1,3-5,7-8H2. The molecule has 2 rings (SSSR count). The van der Waals surface area contributed by atoms with Gasteiger partial charge in [0.2, 0.25) is 5.91 Å². The Bertz CT molecular complexity index is 365. The highest BCUT2D eigenvalue weighted by Crippen LogP contribution is 2.23. The fourth-order valence-electron chi connectivity index (χ4n) is 1.85. The number of amides is 1. The molecule has 0 radical (unpaired) electrons. The molecule has 0 aromatic carbocycles. The van der Waals surface area contributed by atoms with E-state index in [0.717, 1.165) is 19.5 Å². The Morgan fingerprint density at radius 1 is 1.62 bits per heavy atom. The second-order valence-electron chi connectivity index (χ2n) is 3.83. The van der Waals surface area contributed by atoms with Gasteiger partial charge in [-0.15, -0.1) is 11.3 Å². The highest BCUT2D eigenvalue weighted by Gasteiger charge is 2.20. The van der Waals surface area contributed by atoms with Crippen LogP contribution in [0.2, 0.25) is 0 Å². The summed E-state index contributed by atoms with van der Waals surface area (Å²) in [4.78, 5) is 15.1. The Kier molecular flexibility index (Phi) is 3.93. The zero-order valence-electron chi connectivity index (χ0n) is 9.11. The highest BCUT2D eigenvalue weighted by atomic mass is 32.1. The number of thiophene rings is 1. The Morgan fingerprint density at radius 2 is 2.50 bits per heavy atom. The van der Waals surface area contributed by atoms with E-state index in [2.05, 4.69) is 16.8 Å². The summed E-state index contributed by atoms with van der Waals surface area (Å²) in [6, 6.07) is 2.10. The van der Waals surface area contributed by atoms with Crippen LogP contribution in [0.5, 0.6) is 0 Å². The number of fused-ring (bicyclic) bond motifs is 1. The second-order valence-corrected chi connectivity index (χ2v) is 4.84. The molecule has 1 aromatic heterocycles.